The fourth-order valence-electron chi connectivity index (χ4n) is 3.73. The molecule has 0 saturated carbocycles. The predicted molar refractivity (Wildman–Crippen MR) is 99.8 cm³/mol. The normalized spacial score (nSPS) is 22.9. The molecule has 1 fully saturated rings. The zero-order valence-electron chi connectivity index (χ0n) is 15.5. The van der Waals surface area contributed by atoms with E-state index in [4.69, 9.17) is 9.47 Å². The number of rotatable bonds is 5. The van der Waals surface area contributed by atoms with E-state index in [1.165, 1.54) is 0 Å². The standard InChI is InChI=1S/C19H25N5O3/c1-14-11-15(23-7-9-26-10-8-23)12-24-18(14)21-19(22-24)20-17(25)13-27-16-5-3-2-4-6-16/h2-6,14-15H,7-13H2,1H3,(H,20,22,25). The fraction of sp³-hybridized carbons (Fsp3) is 0.526. The van der Waals surface area contributed by atoms with Crippen LogP contribution in [-0.2, 0) is 16.1 Å². The Bertz CT molecular complexity index is 773. The average molecular weight is 371 g/mol. The molecule has 8 heteroatoms. The summed E-state index contributed by atoms with van der Waals surface area (Å²) < 4.78 is 12.9. The minimum atomic E-state index is -0.265. The Balaban J connectivity index is 1.36. The molecule has 144 valence electrons. The van der Waals surface area contributed by atoms with Crippen molar-refractivity contribution in [2.75, 3.05) is 38.2 Å². The number of anilines is 1. The van der Waals surface area contributed by atoms with E-state index in [2.05, 4.69) is 27.2 Å². The van der Waals surface area contributed by atoms with Gasteiger partial charge >= 0.3 is 0 Å². The molecule has 0 radical (unpaired) electrons. The highest BCUT2D eigenvalue weighted by Crippen LogP contribution is 2.29. The van der Waals surface area contributed by atoms with Crippen LogP contribution in [0, 0.1) is 0 Å². The quantitative estimate of drug-likeness (QED) is 0.858. The van der Waals surface area contributed by atoms with Gasteiger partial charge in [0.1, 0.15) is 11.6 Å². The number of hydrogen-bond acceptors (Lipinski definition) is 6. The highest BCUT2D eigenvalue weighted by Gasteiger charge is 2.31. The molecule has 1 saturated heterocycles. The van der Waals surface area contributed by atoms with Gasteiger partial charge in [0, 0.05) is 25.0 Å². The Kier molecular flexibility index (Phi) is 5.35. The van der Waals surface area contributed by atoms with E-state index in [0.29, 0.717) is 23.7 Å². The molecule has 1 aromatic heterocycles. The van der Waals surface area contributed by atoms with Crippen molar-refractivity contribution in [2.24, 2.45) is 0 Å². The number of hydrogen-bond donors (Lipinski definition) is 1. The molecule has 0 aliphatic carbocycles. The lowest BCUT2D eigenvalue weighted by molar-refractivity contribution is -0.118. The SMILES string of the molecule is CC1CC(N2CCOCC2)Cn2nc(NC(=O)COc3ccccc3)nc21. The van der Waals surface area contributed by atoms with Crippen LogP contribution in [0.25, 0.3) is 0 Å². The highest BCUT2D eigenvalue weighted by molar-refractivity contribution is 5.90. The van der Waals surface area contributed by atoms with Gasteiger partial charge in [-0.15, -0.1) is 5.10 Å². The van der Waals surface area contributed by atoms with Crippen molar-refractivity contribution in [3.8, 4) is 5.75 Å². The number of amides is 1. The van der Waals surface area contributed by atoms with E-state index in [9.17, 15) is 4.79 Å². The van der Waals surface area contributed by atoms with E-state index in [0.717, 1.165) is 45.1 Å². The van der Waals surface area contributed by atoms with Crippen LogP contribution >= 0.6 is 0 Å². The number of carbonyl (C=O) groups excluding carboxylic acids is 1. The second-order valence-electron chi connectivity index (χ2n) is 7.06. The van der Waals surface area contributed by atoms with Crippen molar-refractivity contribution in [1.29, 1.82) is 0 Å². The van der Waals surface area contributed by atoms with Gasteiger partial charge < -0.3 is 9.47 Å². The first-order chi connectivity index (χ1) is 13.2. The largest absolute Gasteiger partial charge is 0.484 e. The van der Waals surface area contributed by atoms with E-state index in [-0.39, 0.29) is 12.5 Å². The van der Waals surface area contributed by atoms with E-state index in [1.807, 2.05) is 35.0 Å². The highest BCUT2D eigenvalue weighted by atomic mass is 16.5. The van der Waals surface area contributed by atoms with Crippen molar-refractivity contribution in [3.05, 3.63) is 36.2 Å². The first-order valence-electron chi connectivity index (χ1n) is 9.43. The van der Waals surface area contributed by atoms with Crippen LogP contribution in [0.2, 0.25) is 0 Å². The monoisotopic (exact) mass is 371 g/mol. The third kappa shape index (κ3) is 4.28. The molecule has 27 heavy (non-hydrogen) atoms. The van der Waals surface area contributed by atoms with Gasteiger partial charge in [-0.25, -0.2) is 4.68 Å². The van der Waals surface area contributed by atoms with Gasteiger partial charge in [0.2, 0.25) is 5.95 Å². The molecule has 8 nitrogen and oxygen atoms in total. The van der Waals surface area contributed by atoms with Crippen LogP contribution in [-0.4, -0.2) is 64.5 Å². The van der Waals surface area contributed by atoms with Gasteiger partial charge in [-0.3, -0.25) is 15.0 Å². The number of carbonyl (C=O) groups is 1. The number of ether oxygens (including phenoxy) is 2. The number of para-hydroxylation sites is 1. The maximum absolute atomic E-state index is 12.1. The van der Waals surface area contributed by atoms with Crippen LogP contribution in [0.5, 0.6) is 5.75 Å². The van der Waals surface area contributed by atoms with Gasteiger partial charge in [0.05, 0.1) is 19.8 Å². The van der Waals surface area contributed by atoms with Crippen molar-refractivity contribution in [2.45, 2.75) is 31.8 Å². The van der Waals surface area contributed by atoms with Crippen LogP contribution < -0.4 is 10.1 Å². The number of nitrogens with one attached hydrogen (secondary N) is 1. The molecule has 2 atom stereocenters. The number of fused-ring (bicyclic) bond motifs is 1. The summed E-state index contributed by atoms with van der Waals surface area (Å²) in [5.41, 5.74) is 0. The molecule has 2 aromatic rings. The summed E-state index contributed by atoms with van der Waals surface area (Å²) in [6.07, 6.45) is 1.04. The summed E-state index contributed by atoms with van der Waals surface area (Å²) in [5.74, 6) is 1.97. The second-order valence-corrected chi connectivity index (χ2v) is 7.06. The van der Waals surface area contributed by atoms with Crippen molar-refractivity contribution >= 4 is 11.9 Å². The molecule has 3 heterocycles. The topological polar surface area (TPSA) is 81.5 Å². The third-order valence-electron chi connectivity index (χ3n) is 5.08. The van der Waals surface area contributed by atoms with E-state index in [1.54, 1.807) is 0 Å². The molecule has 1 aromatic carbocycles. The number of benzene rings is 1. The minimum Gasteiger partial charge on any atom is -0.484 e. The van der Waals surface area contributed by atoms with Crippen LogP contribution in [0.4, 0.5) is 5.95 Å². The average Bonchev–Trinajstić information content (AvgIpc) is 3.11. The Morgan fingerprint density at radius 1 is 1.30 bits per heavy atom. The van der Waals surface area contributed by atoms with E-state index < -0.39 is 0 Å². The molecular weight excluding hydrogens is 346 g/mol. The fourth-order valence-corrected chi connectivity index (χ4v) is 3.73. The molecule has 2 unspecified atom stereocenters. The Labute approximate surface area is 158 Å². The predicted octanol–water partition coefficient (Wildman–Crippen LogP) is 1.50. The van der Waals surface area contributed by atoms with Crippen LogP contribution in [0.15, 0.2) is 30.3 Å². The van der Waals surface area contributed by atoms with Crippen LogP contribution in [0.3, 0.4) is 0 Å². The lowest BCUT2D eigenvalue weighted by Gasteiger charge is -2.38. The molecule has 4 rings (SSSR count). The van der Waals surface area contributed by atoms with Gasteiger partial charge in [0.25, 0.3) is 5.91 Å². The van der Waals surface area contributed by atoms with Gasteiger partial charge in [0.15, 0.2) is 6.61 Å². The maximum Gasteiger partial charge on any atom is 0.264 e. The minimum absolute atomic E-state index is 0.0696. The summed E-state index contributed by atoms with van der Waals surface area (Å²) in [6, 6.07) is 9.69. The first kappa shape index (κ1) is 17.9. The summed E-state index contributed by atoms with van der Waals surface area (Å²) >= 11 is 0. The zero-order valence-corrected chi connectivity index (χ0v) is 15.5. The zero-order chi connectivity index (χ0) is 18.6. The molecule has 0 bridgehead atoms. The molecule has 2 aliphatic rings. The molecule has 1 N–H and O–H groups in total. The van der Waals surface area contributed by atoms with Crippen LogP contribution in [0.1, 0.15) is 25.1 Å². The van der Waals surface area contributed by atoms with Gasteiger partial charge in [-0.2, -0.15) is 4.98 Å². The number of morpholine rings is 1. The van der Waals surface area contributed by atoms with Gasteiger partial charge in [-0.1, -0.05) is 25.1 Å². The maximum atomic E-state index is 12.1. The molecule has 2 aliphatic heterocycles. The summed E-state index contributed by atoms with van der Waals surface area (Å²) in [4.78, 5) is 19.1. The van der Waals surface area contributed by atoms with E-state index >= 15 is 0 Å². The second kappa shape index (κ2) is 8.06. The third-order valence-corrected chi connectivity index (χ3v) is 5.08. The molecule has 0 spiro atoms. The Hall–Kier alpha value is -2.45. The number of aromatic nitrogens is 3. The smallest absolute Gasteiger partial charge is 0.264 e. The molecular formula is C19H25N5O3. The number of nitrogens with zero attached hydrogens (tertiary/aromatic N) is 4. The van der Waals surface area contributed by atoms with Crippen molar-refractivity contribution < 1.29 is 14.3 Å². The summed E-state index contributed by atoms with van der Waals surface area (Å²) in [7, 11) is 0. The van der Waals surface area contributed by atoms with Crippen molar-refractivity contribution in [3.63, 3.8) is 0 Å². The van der Waals surface area contributed by atoms with Crippen molar-refractivity contribution in [1.82, 2.24) is 19.7 Å². The lowest BCUT2D eigenvalue weighted by Crippen LogP contribution is -2.47. The molecule has 1 amide bonds. The Morgan fingerprint density at radius 2 is 2.07 bits per heavy atom. The summed E-state index contributed by atoms with van der Waals surface area (Å²) in [6.45, 7) is 6.39. The Morgan fingerprint density at radius 3 is 2.85 bits per heavy atom. The first-order valence-corrected chi connectivity index (χ1v) is 9.43. The van der Waals surface area contributed by atoms with Gasteiger partial charge in [-0.05, 0) is 18.6 Å². The summed E-state index contributed by atoms with van der Waals surface area (Å²) in [5, 5.41) is 7.25. The lowest BCUT2D eigenvalue weighted by atomic mass is 9.96.